The van der Waals surface area contributed by atoms with E-state index in [0.717, 1.165) is 54.4 Å². The predicted octanol–water partition coefficient (Wildman–Crippen LogP) is 7.17. The van der Waals surface area contributed by atoms with Crippen molar-refractivity contribution in [1.29, 1.82) is 0 Å². The standard InChI is InChI=1S/C23H26F2/c1-14-10-13-19(23(25)20(14)16-6-3-4-7-16)18-12-11-15(2)22(24)21(18)17-8-5-9-17/h10-13,16-17H,3-9H2,1-2H3. The Morgan fingerprint density at radius 2 is 1.20 bits per heavy atom. The quantitative estimate of drug-likeness (QED) is 0.555. The summed E-state index contributed by atoms with van der Waals surface area (Å²) >= 11 is 0. The molecular weight excluding hydrogens is 314 g/mol. The highest BCUT2D eigenvalue weighted by Gasteiger charge is 2.29. The zero-order valence-electron chi connectivity index (χ0n) is 15.2. The topological polar surface area (TPSA) is 0 Å². The van der Waals surface area contributed by atoms with Crippen molar-refractivity contribution < 1.29 is 8.78 Å². The number of hydrogen-bond donors (Lipinski definition) is 0. The summed E-state index contributed by atoms with van der Waals surface area (Å²) in [5.41, 5.74) is 4.67. The molecule has 0 spiro atoms. The molecule has 0 atom stereocenters. The van der Waals surface area contributed by atoms with Gasteiger partial charge in [0.25, 0.3) is 0 Å². The molecule has 2 fully saturated rings. The van der Waals surface area contributed by atoms with Crippen molar-refractivity contribution in [3.05, 3.63) is 58.2 Å². The summed E-state index contributed by atoms with van der Waals surface area (Å²) in [6.07, 6.45) is 7.66. The van der Waals surface area contributed by atoms with E-state index in [9.17, 15) is 4.39 Å². The molecule has 0 radical (unpaired) electrons. The first kappa shape index (κ1) is 16.8. The zero-order chi connectivity index (χ0) is 17.6. The number of hydrogen-bond acceptors (Lipinski definition) is 0. The number of rotatable bonds is 3. The van der Waals surface area contributed by atoms with Gasteiger partial charge in [-0.15, -0.1) is 0 Å². The average Bonchev–Trinajstić information content (AvgIpc) is 3.05. The van der Waals surface area contributed by atoms with E-state index in [1.54, 1.807) is 13.0 Å². The molecule has 4 rings (SSSR count). The predicted molar refractivity (Wildman–Crippen MR) is 99.1 cm³/mol. The van der Waals surface area contributed by atoms with Gasteiger partial charge in [0.05, 0.1) is 0 Å². The van der Waals surface area contributed by atoms with Crippen LogP contribution in [-0.4, -0.2) is 0 Å². The monoisotopic (exact) mass is 340 g/mol. The fraction of sp³-hybridized carbons (Fsp3) is 0.478. The minimum Gasteiger partial charge on any atom is -0.206 e. The highest BCUT2D eigenvalue weighted by Crippen LogP contribution is 2.45. The van der Waals surface area contributed by atoms with Crippen molar-refractivity contribution >= 4 is 0 Å². The number of halogens is 2. The van der Waals surface area contributed by atoms with Gasteiger partial charge in [-0.3, -0.25) is 0 Å². The maximum atomic E-state index is 15.5. The highest BCUT2D eigenvalue weighted by molar-refractivity contribution is 5.71. The molecule has 0 heterocycles. The van der Waals surface area contributed by atoms with Crippen molar-refractivity contribution in [3.8, 4) is 11.1 Å². The van der Waals surface area contributed by atoms with Gasteiger partial charge in [0.1, 0.15) is 11.6 Å². The maximum absolute atomic E-state index is 15.5. The van der Waals surface area contributed by atoms with Crippen LogP contribution in [0.25, 0.3) is 11.1 Å². The highest BCUT2D eigenvalue weighted by atomic mass is 19.1. The van der Waals surface area contributed by atoms with E-state index in [2.05, 4.69) is 0 Å². The van der Waals surface area contributed by atoms with Gasteiger partial charge in [-0.05, 0) is 79.2 Å². The lowest BCUT2D eigenvalue weighted by Crippen LogP contribution is -2.13. The molecule has 0 bridgehead atoms. The Kier molecular flexibility index (Phi) is 4.39. The lowest BCUT2D eigenvalue weighted by Gasteiger charge is -2.29. The molecular formula is C23H26F2. The summed E-state index contributed by atoms with van der Waals surface area (Å²) in [6, 6.07) is 7.60. The molecule has 0 nitrogen and oxygen atoms in total. The van der Waals surface area contributed by atoms with Crippen LogP contribution in [0.4, 0.5) is 8.78 Å². The molecule has 0 unspecified atom stereocenters. The van der Waals surface area contributed by atoms with Crippen molar-refractivity contribution in [2.24, 2.45) is 0 Å². The molecule has 2 aromatic rings. The Bertz CT molecular complexity index is 796. The van der Waals surface area contributed by atoms with E-state index in [-0.39, 0.29) is 17.6 Å². The first-order valence-corrected chi connectivity index (χ1v) is 9.66. The van der Waals surface area contributed by atoms with E-state index in [1.165, 1.54) is 12.8 Å². The molecule has 0 aromatic heterocycles. The van der Waals surface area contributed by atoms with Gasteiger partial charge < -0.3 is 0 Å². The van der Waals surface area contributed by atoms with Gasteiger partial charge >= 0.3 is 0 Å². The van der Waals surface area contributed by atoms with Gasteiger partial charge in [-0.1, -0.05) is 43.5 Å². The second kappa shape index (κ2) is 6.55. The molecule has 132 valence electrons. The van der Waals surface area contributed by atoms with Crippen molar-refractivity contribution in [2.75, 3.05) is 0 Å². The lowest BCUT2D eigenvalue weighted by atomic mass is 9.76. The third-order valence-electron chi connectivity index (χ3n) is 6.34. The summed E-state index contributed by atoms with van der Waals surface area (Å²) in [5.74, 6) is 0.313. The first-order chi connectivity index (χ1) is 12.1. The van der Waals surface area contributed by atoms with Crippen molar-refractivity contribution in [3.63, 3.8) is 0 Å². The average molecular weight is 340 g/mol. The molecule has 2 saturated carbocycles. The van der Waals surface area contributed by atoms with Crippen LogP contribution in [-0.2, 0) is 0 Å². The fourth-order valence-electron chi connectivity index (χ4n) is 4.65. The Morgan fingerprint density at radius 3 is 1.84 bits per heavy atom. The molecule has 2 aliphatic carbocycles. The smallest absolute Gasteiger partial charge is 0.134 e. The SMILES string of the molecule is Cc1ccc(-c2ccc(C)c(C3CCCC3)c2F)c(C2CCC2)c1F. The molecule has 0 amide bonds. The van der Waals surface area contributed by atoms with Crippen LogP contribution in [0, 0.1) is 25.5 Å². The van der Waals surface area contributed by atoms with Crippen molar-refractivity contribution in [1.82, 2.24) is 0 Å². The number of benzene rings is 2. The Labute approximate surface area is 149 Å². The third-order valence-corrected chi connectivity index (χ3v) is 6.34. The third kappa shape index (κ3) is 2.80. The zero-order valence-corrected chi connectivity index (χ0v) is 15.2. The van der Waals surface area contributed by atoms with Crippen LogP contribution in [0.2, 0.25) is 0 Å². The van der Waals surface area contributed by atoms with Crippen LogP contribution in [0.5, 0.6) is 0 Å². The van der Waals surface area contributed by atoms with Crippen LogP contribution >= 0.6 is 0 Å². The Balaban J connectivity index is 1.88. The summed E-state index contributed by atoms with van der Waals surface area (Å²) in [4.78, 5) is 0. The van der Waals surface area contributed by atoms with E-state index >= 15 is 4.39 Å². The van der Waals surface area contributed by atoms with E-state index in [4.69, 9.17) is 0 Å². The number of aryl methyl sites for hydroxylation is 2. The summed E-state index contributed by atoms with van der Waals surface area (Å²) in [7, 11) is 0. The minimum atomic E-state index is -0.135. The van der Waals surface area contributed by atoms with Crippen LogP contribution < -0.4 is 0 Å². The molecule has 2 aromatic carbocycles. The van der Waals surface area contributed by atoms with Crippen LogP contribution in [0.15, 0.2) is 24.3 Å². The molecule has 2 aliphatic rings. The largest absolute Gasteiger partial charge is 0.206 e. The van der Waals surface area contributed by atoms with Gasteiger partial charge in [-0.25, -0.2) is 8.78 Å². The summed E-state index contributed by atoms with van der Waals surface area (Å²) < 4.78 is 30.5. The summed E-state index contributed by atoms with van der Waals surface area (Å²) in [6.45, 7) is 3.81. The Hall–Kier alpha value is -1.70. The normalized spacial score (nSPS) is 18.6. The minimum absolute atomic E-state index is 0.115. The molecule has 25 heavy (non-hydrogen) atoms. The second-order valence-corrected chi connectivity index (χ2v) is 7.92. The van der Waals surface area contributed by atoms with Gasteiger partial charge in [0.2, 0.25) is 0 Å². The Morgan fingerprint density at radius 1 is 0.640 bits per heavy atom. The van der Waals surface area contributed by atoms with E-state index in [0.29, 0.717) is 17.0 Å². The molecule has 0 N–H and O–H groups in total. The van der Waals surface area contributed by atoms with Crippen LogP contribution in [0.1, 0.15) is 79.0 Å². The van der Waals surface area contributed by atoms with Crippen molar-refractivity contribution in [2.45, 2.75) is 70.6 Å². The van der Waals surface area contributed by atoms with E-state index < -0.39 is 0 Å². The fourth-order valence-corrected chi connectivity index (χ4v) is 4.65. The van der Waals surface area contributed by atoms with Crippen LogP contribution in [0.3, 0.4) is 0 Å². The van der Waals surface area contributed by atoms with Gasteiger partial charge in [0, 0.05) is 5.56 Å². The van der Waals surface area contributed by atoms with Gasteiger partial charge in [0.15, 0.2) is 0 Å². The van der Waals surface area contributed by atoms with E-state index in [1.807, 2.05) is 25.1 Å². The molecule has 0 saturated heterocycles. The molecule has 0 aliphatic heterocycles. The maximum Gasteiger partial charge on any atom is 0.134 e. The summed E-state index contributed by atoms with van der Waals surface area (Å²) in [5, 5.41) is 0. The first-order valence-electron chi connectivity index (χ1n) is 9.66. The van der Waals surface area contributed by atoms with Gasteiger partial charge in [-0.2, -0.15) is 0 Å². The molecule has 2 heteroatoms. The lowest BCUT2D eigenvalue weighted by molar-refractivity contribution is 0.404. The second-order valence-electron chi connectivity index (χ2n) is 7.92.